The molecule has 2 nitrogen and oxygen atoms in total. The number of piperidine rings is 1. The van der Waals surface area contributed by atoms with Crippen LogP contribution in [0.15, 0.2) is 12.1 Å². The highest BCUT2D eigenvalue weighted by atomic mass is 16.3. The van der Waals surface area contributed by atoms with Crippen LogP contribution in [0.2, 0.25) is 0 Å². The highest BCUT2D eigenvalue weighted by Crippen LogP contribution is 2.35. The zero-order valence-electron chi connectivity index (χ0n) is 11.2. The first-order chi connectivity index (χ1) is 8.78. The molecule has 18 heavy (non-hydrogen) atoms. The van der Waals surface area contributed by atoms with E-state index in [0.717, 1.165) is 24.8 Å². The van der Waals surface area contributed by atoms with E-state index in [1.54, 1.807) is 6.07 Å². The number of phenolic OH excluding ortho intramolecular Hbond substituents is 1. The molecule has 1 heterocycles. The minimum atomic E-state index is 0.299. The van der Waals surface area contributed by atoms with Gasteiger partial charge >= 0.3 is 0 Å². The van der Waals surface area contributed by atoms with Gasteiger partial charge in [-0.15, -0.1) is 0 Å². The van der Waals surface area contributed by atoms with Gasteiger partial charge < -0.3 is 5.11 Å². The van der Waals surface area contributed by atoms with E-state index in [-0.39, 0.29) is 0 Å². The number of hydrogen-bond donors (Lipinski definition) is 1. The maximum Gasteiger partial charge on any atom is 0.123 e. The third-order valence-corrected chi connectivity index (χ3v) is 4.55. The van der Waals surface area contributed by atoms with Crippen molar-refractivity contribution in [3.05, 3.63) is 29.3 Å². The molecule has 1 radical (unpaired) electrons. The number of rotatable bonds is 2. The van der Waals surface area contributed by atoms with Crippen LogP contribution in [0.25, 0.3) is 0 Å². The van der Waals surface area contributed by atoms with E-state index in [0.29, 0.717) is 5.75 Å². The fourth-order valence-corrected chi connectivity index (χ4v) is 3.73. The summed E-state index contributed by atoms with van der Waals surface area (Å²) in [5.74, 6) is 1.07. The largest absolute Gasteiger partial charge is 0.507 e. The van der Waals surface area contributed by atoms with Gasteiger partial charge in [0.1, 0.15) is 5.75 Å². The van der Waals surface area contributed by atoms with Crippen molar-refractivity contribution in [2.45, 2.75) is 45.1 Å². The van der Waals surface area contributed by atoms with Gasteiger partial charge in [-0.1, -0.05) is 13.0 Å². The van der Waals surface area contributed by atoms with E-state index in [1.807, 2.05) is 0 Å². The Hall–Kier alpha value is -1.02. The summed E-state index contributed by atoms with van der Waals surface area (Å²) in [5.41, 5.74) is 2.66. The van der Waals surface area contributed by atoms with Crippen LogP contribution in [-0.2, 0) is 12.8 Å². The number of aromatic hydroxyl groups is 1. The topological polar surface area (TPSA) is 23.5 Å². The molecular weight excluding hydrogens is 222 g/mol. The van der Waals surface area contributed by atoms with Gasteiger partial charge in [0.15, 0.2) is 0 Å². The number of benzene rings is 1. The molecular formula is C16H22NO. The van der Waals surface area contributed by atoms with E-state index in [4.69, 9.17) is 0 Å². The summed E-state index contributed by atoms with van der Waals surface area (Å²) in [6.45, 7) is 4.77. The summed E-state index contributed by atoms with van der Waals surface area (Å²) < 4.78 is 0. The molecule has 1 aromatic rings. The smallest absolute Gasteiger partial charge is 0.123 e. The normalized spacial score (nSPS) is 27.6. The zero-order chi connectivity index (χ0) is 12.5. The molecule has 0 spiro atoms. The van der Waals surface area contributed by atoms with E-state index in [9.17, 15) is 5.11 Å². The van der Waals surface area contributed by atoms with Crippen molar-refractivity contribution in [3.8, 4) is 5.75 Å². The summed E-state index contributed by atoms with van der Waals surface area (Å²) in [4.78, 5) is 2.68. The van der Waals surface area contributed by atoms with Crippen LogP contribution < -0.4 is 0 Å². The van der Waals surface area contributed by atoms with Gasteiger partial charge in [0.2, 0.25) is 0 Å². The van der Waals surface area contributed by atoms with Gasteiger partial charge in [0.05, 0.1) is 0 Å². The fraction of sp³-hybridized carbons (Fsp3) is 0.625. The molecule has 1 N–H and O–H groups in total. The van der Waals surface area contributed by atoms with Crippen molar-refractivity contribution in [3.63, 3.8) is 0 Å². The quantitative estimate of drug-likeness (QED) is 0.864. The first kappa shape index (κ1) is 12.0. The second kappa shape index (κ2) is 4.93. The highest BCUT2D eigenvalue weighted by Gasteiger charge is 2.34. The van der Waals surface area contributed by atoms with Gasteiger partial charge in [0.25, 0.3) is 0 Å². The Balaban J connectivity index is 1.85. The lowest BCUT2D eigenvalue weighted by Crippen LogP contribution is -2.49. The van der Waals surface area contributed by atoms with Crippen LogP contribution in [-0.4, -0.2) is 29.1 Å². The molecule has 1 aliphatic carbocycles. The molecule has 0 amide bonds. The van der Waals surface area contributed by atoms with E-state index in [1.165, 1.54) is 43.5 Å². The number of nitrogens with zero attached hydrogens (tertiary/aromatic N) is 1. The molecule has 97 valence electrons. The summed E-state index contributed by atoms with van der Waals surface area (Å²) in [6, 6.07) is 7.75. The third kappa shape index (κ3) is 2.14. The monoisotopic (exact) mass is 244 g/mol. The summed E-state index contributed by atoms with van der Waals surface area (Å²) in [6.07, 6.45) is 6.17. The Morgan fingerprint density at radius 2 is 2.28 bits per heavy atom. The van der Waals surface area contributed by atoms with E-state index in [2.05, 4.69) is 24.0 Å². The number of likely N-dealkylation sites (tertiary alicyclic amines) is 1. The van der Waals surface area contributed by atoms with Crippen molar-refractivity contribution in [2.75, 3.05) is 13.1 Å². The van der Waals surface area contributed by atoms with Gasteiger partial charge in [-0.05, 0) is 68.3 Å². The Bertz CT molecular complexity index is 427. The maximum absolute atomic E-state index is 9.55. The second-order valence-electron chi connectivity index (χ2n) is 5.76. The van der Waals surface area contributed by atoms with Crippen molar-refractivity contribution in [1.29, 1.82) is 0 Å². The standard InChI is InChI=1S/C16H22NO/c1-2-7-17-8-3-4-13-9-14-10-15(18)6-5-12(14)11-16(13)17/h5-6,13,16,18H,2-4,7-9,11H2,1H3/t13-,16-/m1/s1. The number of fused-ring (bicyclic) bond motifs is 2. The van der Waals surface area contributed by atoms with Gasteiger partial charge in [-0.25, -0.2) is 0 Å². The Kier molecular flexibility index (Phi) is 3.29. The lowest BCUT2D eigenvalue weighted by atomic mass is 9.75. The number of hydrogen-bond acceptors (Lipinski definition) is 2. The van der Waals surface area contributed by atoms with Crippen LogP contribution in [0.4, 0.5) is 0 Å². The number of phenols is 1. The van der Waals surface area contributed by atoms with Crippen molar-refractivity contribution >= 4 is 0 Å². The molecule has 2 aliphatic rings. The van der Waals surface area contributed by atoms with Crippen LogP contribution in [0.5, 0.6) is 5.75 Å². The summed E-state index contributed by atoms with van der Waals surface area (Å²) in [5, 5.41) is 9.55. The van der Waals surface area contributed by atoms with Gasteiger partial charge in [-0.3, -0.25) is 4.90 Å². The molecule has 1 fully saturated rings. The Morgan fingerprint density at radius 3 is 3.11 bits per heavy atom. The Morgan fingerprint density at radius 1 is 1.39 bits per heavy atom. The lowest BCUT2D eigenvalue weighted by Gasteiger charge is -2.44. The van der Waals surface area contributed by atoms with Crippen molar-refractivity contribution in [1.82, 2.24) is 4.90 Å². The average Bonchev–Trinajstić information content (AvgIpc) is 2.37. The van der Waals surface area contributed by atoms with Crippen LogP contribution in [0.3, 0.4) is 0 Å². The minimum Gasteiger partial charge on any atom is -0.507 e. The lowest BCUT2D eigenvalue weighted by molar-refractivity contribution is 0.0854. The first-order valence-electron chi connectivity index (χ1n) is 7.25. The summed E-state index contributed by atoms with van der Waals surface area (Å²) >= 11 is 0. The molecule has 1 aromatic carbocycles. The minimum absolute atomic E-state index is 0.299. The average molecular weight is 244 g/mol. The molecule has 0 bridgehead atoms. The molecule has 1 aliphatic heterocycles. The second-order valence-corrected chi connectivity index (χ2v) is 5.76. The third-order valence-electron chi connectivity index (χ3n) is 4.55. The van der Waals surface area contributed by atoms with Crippen molar-refractivity contribution < 1.29 is 5.11 Å². The predicted octanol–water partition coefficient (Wildman–Crippen LogP) is 2.78. The zero-order valence-corrected chi connectivity index (χ0v) is 11.2. The molecule has 2 atom stereocenters. The fourth-order valence-electron chi connectivity index (χ4n) is 3.73. The van der Waals surface area contributed by atoms with Gasteiger partial charge in [-0.2, -0.15) is 0 Å². The van der Waals surface area contributed by atoms with Crippen molar-refractivity contribution in [2.24, 2.45) is 5.92 Å². The molecule has 0 saturated carbocycles. The SMILES string of the molecule is CCCN1CCC[C@@H]2Cc3[c]c(O)ccc3C[C@H]21. The van der Waals surface area contributed by atoms with Crippen LogP contribution in [0.1, 0.15) is 37.3 Å². The van der Waals surface area contributed by atoms with Crippen LogP contribution >= 0.6 is 0 Å². The summed E-state index contributed by atoms with van der Waals surface area (Å²) in [7, 11) is 0. The Labute approximate surface area is 110 Å². The molecule has 3 rings (SSSR count). The molecule has 0 unspecified atom stereocenters. The first-order valence-corrected chi connectivity index (χ1v) is 7.25. The van der Waals surface area contributed by atoms with E-state index >= 15 is 0 Å². The van der Waals surface area contributed by atoms with E-state index < -0.39 is 0 Å². The molecule has 2 heteroatoms. The molecule has 1 saturated heterocycles. The highest BCUT2D eigenvalue weighted by molar-refractivity contribution is 5.36. The predicted molar refractivity (Wildman–Crippen MR) is 72.7 cm³/mol. The van der Waals surface area contributed by atoms with Gasteiger partial charge in [0, 0.05) is 12.1 Å². The maximum atomic E-state index is 9.55. The molecule has 0 aromatic heterocycles. The van der Waals surface area contributed by atoms with Crippen LogP contribution in [0, 0.1) is 12.0 Å².